The molecule has 1 amide bonds. The van der Waals surface area contributed by atoms with Crippen molar-refractivity contribution in [2.75, 3.05) is 0 Å². The molecule has 0 aromatic heterocycles. The SMILES string of the molecule is CC(C)(C)c1cc(CCC(=O)N/N=C\c2cc(I)c(OCc3ccc(Cl)cc3)c(I)c2)cc(C(C)(C)C)c1O. The lowest BCUT2D eigenvalue weighted by Crippen LogP contribution is -2.20. The van der Waals surface area contributed by atoms with Crippen molar-refractivity contribution in [3.05, 3.63) is 88.5 Å². The van der Waals surface area contributed by atoms with Gasteiger partial charge in [0.25, 0.3) is 0 Å². The predicted molar refractivity (Wildman–Crippen MR) is 177 cm³/mol. The lowest BCUT2D eigenvalue weighted by molar-refractivity contribution is -0.121. The molecular weight excluding hydrogens is 738 g/mol. The summed E-state index contributed by atoms with van der Waals surface area (Å²) in [6.45, 7) is 12.9. The molecular formula is C31H35ClI2N2O3. The maximum Gasteiger partial charge on any atom is 0.240 e. The van der Waals surface area contributed by atoms with Crippen LogP contribution < -0.4 is 10.2 Å². The van der Waals surface area contributed by atoms with Crippen molar-refractivity contribution in [1.82, 2.24) is 5.43 Å². The highest BCUT2D eigenvalue weighted by Gasteiger charge is 2.26. The molecule has 3 aromatic carbocycles. The van der Waals surface area contributed by atoms with Gasteiger partial charge in [0, 0.05) is 11.4 Å². The molecule has 0 fully saturated rings. The van der Waals surface area contributed by atoms with E-state index in [1.54, 1.807) is 6.21 Å². The molecule has 0 aliphatic rings. The monoisotopic (exact) mass is 772 g/mol. The molecule has 8 heteroatoms. The summed E-state index contributed by atoms with van der Waals surface area (Å²) in [5, 5.41) is 15.8. The third-order valence-electron chi connectivity index (χ3n) is 6.15. The van der Waals surface area contributed by atoms with Crippen LogP contribution in [0.15, 0.2) is 53.6 Å². The van der Waals surface area contributed by atoms with E-state index in [9.17, 15) is 9.90 Å². The number of ether oxygens (including phenoxy) is 1. The number of aromatic hydroxyl groups is 1. The van der Waals surface area contributed by atoms with Crippen LogP contribution in [0.25, 0.3) is 0 Å². The number of nitrogens with zero attached hydrogens (tertiary/aromatic N) is 1. The zero-order valence-electron chi connectivity index (χ0n) is 23.2. The largest absolute Gasteiger partial charge is 0.507 e. The number of benzene rings is 3. The number of hydrazone groups is 1. The first kappa shape index (κ1) is 31.7. The minimum absolute atomic E-state index is 0.166. The van der Waals surface area contributed by atoms with Gasteiger partial charge >= 0.3 is 0 Å². The van der Waals surface area contributed by atoms with Crippen LogP contribution >= 0.6 is 56.8 Å². The van der Waals surface area contributed by atoms with Gasteiger partial charge in [-0.2, -0.15) is 5.10 Å². The van der Waals surface area contributed by atoms with E-state index in [-0.39, 0.29) is 16.7 Å². The molecule has 0 saturated heterocycles. The Morgan fingerprint density at radius 1 is 0.949 bits per heavy atom. The van der Waals surface area contributed by atoms with E-state index >= 15 is 0 Å². The Morgan fingerprint density at radius 3 is 2.00 bits per heavy atom. The van der Waals surface area contributed by atoms with E-state index in [1.165, 1.54) is 0 Å². The molecule has 0 heterocycles. The minimum atomic E-state index is -0.210. The molecule has 0 spiro atoms. The van der Waals surface area contributed by atoms with Crippen LogP contribution in [0.3, 0.4) is 0 Å². The van der Waals surface area contributed by atoms with Gasteiger partial charge in [-0.05, 0) is 115 Å². The van der Waals surface area contributed by atoms with E-state index in [1.807, 2.05) is 48.5 Å². The highest BCUT2D eigenvalue weighted by molar-refractivity contribution is 14.1. The predicted octanol–water partition coefficient (Wildman–Crippen LogP) is 8.51. The van der Waals surface area contributed by atoms with Gasteiger partial charge in [-0.1, -0.05) is 77.4 Å². The fourth-order valence-electron chi connectivity index (χ4n) is 4.00. The molecule has 2 N–H and O–H groups in total. The van der Waals surface area contributed by atoms with Crippen molar-refractivity contribution in [2.24, 2.45) is 5.10 Å². The van der Waals surface area contributed by atoms with Gasteiger partial charge in [0.1, 0.15) is 18.1 Å². The van der Waals surface area contributed by atoms with Crippen LogP contribution in [-0.2, 0) is 28.7 Å². The first-order valence-corrected chi connectivity index (χ1v) is 15.2. The Kier molecular flexibility index (Phi) is 10.7. The van der Waals surface area contributed by atoms with E-state index in [4.69, 9.17) is 16.3 Å². The normalized spacial score (nSPS) is 12.1. The number of carbonyl (C=O) groups is 1. The van der Waals surface area contributed by atoms with Gasteiger partial charge in [0.05, 0.1) is 13.4 Å². The fraction of sp³-hybridized carbons (Fsp3) is 0.355. The highest BCUT2D eigenvalue weighted by atomic mass is 127. The standard InChI is InChI=1S/C31H35ClI2N2O3/c1-30(2,3)23-13-20(14-24(28(23)38)31(4,5)6)9-12-27(37)36-35-17-21-15-25(33)29(26(34)16-21)39-18-19-7-10-22(32)11-8-19/h7-8,10-11,13-17,38H,9,12,18H2,1-6H3,(H,36,37)/b35-17-. The Labute approximate surface area is 264 Å². The number of phenols is 1. The molecule has 5 nitrogen and oxygen atoms in total. The summed E-state index contributed by atoms with van der Waals surface area (Å²) in [6, 6.07) is 15.5. The molecule has 208 valence electrons. The highest BCUT2D eigenvalue weighted by Crippen LogP contribution is 2.40. The number of hydrogen-bond acceptors (Lipinski definition) is 4. The summed E-state index contributed by atoms with van der Waals surface area (Å²) < 4.78 is 7.96. The smallest absolute Gasteiger partial charge is 0.240 e. The van der Waals surface area contributed by atoms with Gasteiger partial charge < -0.3 is 9.84 Å². The number of rotatable bonds is 8. The molecule has 3 rings (SSSR count). The van der Waals surface area contributed by atoms with Crippen LogP contribution in [0.1, 0.15) is 75.8 Å². The summed E-state index contributed by atoms with van der Waals surface area (Å²) in [5.74, 6) is 0.991. The first-order valence-electron chi connectivity index (χ1n) is 12.7. The van der Waals surface area contributed by atoms with Gasteiger partial charge in [-0.15, -0.1) is 0 Å². The second-order valence-corrected chi connectivity index (χ2v) is 14.3. The van der Waals surface area contributed by atoms with Crippen LogP contribution in [0.2, 0.25) is 5.02 Å². The summed E-state index contributed by atoms with van der Waals surface area (Å²) in [4.78, 5) is 12.6. The number of halogens is 3. The lowest BCUT2D eigenvalue weighted by Gasteiger charge is -2.28. The molecule has 39 heavy (non-hydrogen) atoms. The van der Waals surface area contributed by atoms with E-state index in [2.05, 4.69) is 97.3 Å². The van der Waals surface area contributed by atoms with E-state index < -0.39 is 0 Å². The number of hydrogen-bond donors (Lipinski definition) is 2. The van der Waals surface area contributed by atoms with E-state index in [0.717, 1.165) is 40.7 Å². The zero-order chi connectivity index (χ0) is 29.0. The topological polar surface area (TPSA) is 70.9 Å². The van der Waals surface area contributed by atoms with Crippen molar-refractivity contribution in [2.45, 2.75) is 71.8 Å². The summed E-state index contributed by atoms with van der Waals surface area (Å²) >= 11 is 10.4. The number of amides is 1. The van der Waals surface area contributed by atoms with Crippen molar-refractivity contribution < 1.29 is 14.6 Å². The Bertz CT molecular complexity index is 1300. The van der Waals surface area contributed by atoms with Crippen LogP contribution in [-0.4, -0.2) is 17.2 Å². The third kappa shape index (κ3) is 9.08. The van der Waals surface area contributed by atoms with Crippen molar-refractivity contribution in [3.63, 3.8) is 0 Å². The number of carbonyl (C=O) groups excluding carboxylic acids is 1. The van der Waals surface area contributed by atoms with Crippen molar-refractivity contribution >= 4 is 68.9 Å². The van der Waals surface area contributed by atoms with Crippen molar-refractivity contribution in [3.8, 4) is 11.5 Å². The lowest BCUT2D eigenvalue weighted by atomic mass is 9.78. The minimum Gasteiger partial charge on any atom is -0.507 e. The zero-order valence-corrected chi connectivity index (χ0v) is 28.2. The number of phenolic OH excluding ortho intramolecular Hbond substituents is 1. The van der Waals surface area contributed by atoms with Crippen LogP contribution in [0, 0.1) is 7.14 Å². The molecule has 0 radical (unpaired) electrons. The third-order valence-corrected chi connectivity index (χ3v) is 8.00. The summed E-state index contributed by atoms with van der Waals surface area (Å²) in [6.07, 6.45) is 2.49. The Balaban J connectivity index is 1.62. The van der Waals surface area contributed by atoms with E-state index in [0.29, 0.717) is 30.2 Å². The maximum atomic E-state index is 12.6. The quantitative estimate of drug-likeness (QED) is 0.137. The van der Waals surface area contributed by atoms with Gasteiger partial charge in [-0.3, -0.25) is 4.79 Å². The molecule has 0 aliphatic carbocycles. The number of aryl methyl sites for hydroxylation is 1. The average Bonchev–Trinajstić information content (AvgIpc) is 2.82. The molecule has 0 aliphatic heterocycles. The van der Waals surface area contributed by atoms with Crippen LogP contribution in [0.4, 0.5) is 0 Å². The fourth-order valence-corrected chi connectivity index (χ4v) is 6.26. The average molecular weight is 773 g/mol. The van der Waals surface area contributed by atoms with Gasteiger partial charge in [0.2, 0.25) is 5.91 Å². The first-order chi connectivity index (χ1) is 18.1. The molecule has 0 saturated carbocycles. The Hall–Kier alpha value is -1.85. The maximum absolute atomic E-state index is 12.6. The summed E-state index contributed by atoms with van der Waals surface area (Å²) in [5.41, 5.74) is 6.95. The van der Waals surface area contributed by atoms with Crippen LogP contribution in [0.5, 0.6) is 11.5 Å². The Morgan fingerprint density at radius 2 is 1.49 bits per heavy atom. The molecule has 0 bridgehead atoms. The van der Waals surface area contributed by atoms with Gasteiger partial charge in [0.15, 0.2) is 0 Å². The second kappa shape index (κ2) is 13.2. The molecule has 0 atom stereocenters. The van der Waals surface area contributed by atoms with Gasteiger partial charge in [-0.25, -0.2) is 5.43 Å². The van der Waals surface area contributed by atoms with Crippen molar-refractivity contribution in [1.29, 1.82) is 0 Å². The molecule has 0 unspecified atom stereocenters. The number of nitrogens with one attached hydrogen (secondary N) is 1. The summed E-state index contributed by atoms with van der Waals surface area (Å²) in [7, 11) is 0. The molecule has 3 aromatic rings. The second-order valence-electron chi connectivity index (χ2n) is 11.6.